The molecule has 1 aromatic heterocycles. The van der Waals surface area contributed by atoms with Gasteiger partial charge in [-0.05, 0) is 30.5 Å². The van der Waals surface area contributed by atoms with Crippen LogP contribution in [0.1, 0.15) is 38.8 Å². The second-order valence-electron chi connectivity index (χ2n) is 7.12. The molecule has 0 unspecified atom stereocenters. The number of aromatic nitrogens is 1. The molecular formula is C20H22ClN3O2S. The Labute approximate surface area is 167 Å². The molecule has 0 atom stereocenters. The van der Waals surface area contributed by atoms with Crippen molar-refractivity contribution in [1.82, 2.24) is 14.8 Å². The van der Waals surface area contributed by atoms with E-state index < -0.39 is 0 Å². The largest absolute Gasteiger partial charge is 0.340 e. The van der Waals surface area contributed by atoms with E-state index in [2.05, 4.69) is 9.88 Å². The third-order valence-electron chi connectivity index (χ3n) is 5.16. The van der Waals surface area contributed by atoms with Gasteiger partial charge in [0.25, 0.3) is 0 Å². The second kappa shape index (κ2) is 8.09. The van der Waals surface area contributed by atoms with E-state index in [1.54, 1.807) is 11.3 Å². The molecule has 27 heavy (non-hydrogen) atoms. The maximum atomic E-state index is 12.5. The summed E-state index contributed by atoms with van der Waals surface area (Å²) in [5.74, 6) is 0.407. The first-order valence-electron chi connectivity index (χ1n) is 9.35. The molecule has 1 saturated heterocycles. The average Bonchev–Trinajstić information content (AvgIpc) is 3.08. The van der Waals surface area contributed by atoms with Gasteiger partial charge in [0.15, 0.2) is 5.78 Å². The summed E-state index contributed by atoms with van der Waals surface area (Å²) in [7, 11) is 0. The monoisotopic (exact) mass is 403 g/mol. The van der Waals surface area contributed by atoms with Gasteiger partial charge in [0.1, 0.15) is 5.01 Å². The minimum Gasteiger partial charge on any atom is -0.340 e. The highest BCUT2D eigenvalue weighted by atomic mass is 35.5. The first kappa shape index (κ1) is 18.6. The minimum absolute atomic E-state index is 0.160. The highest BCUT2D eigenvalue weighted by molar-refractivity contribution is 7.13. The summed E-state index contributed by atoms with van der Waals surface area (Å²) in [5.41, 5.74) is 1.98. The van der Waals surface area contributed by atoms with E-state index in [1.165, 1.54) is 0 Å². The van der Waals surface area contributed by atoms with Crippen LogP contribution >= 0.6 is 22.9 Å². The lowest BCUT2D eigenvalue weighted by atomic mass is 10.0. The van der Waals surface area contributed by atoms with Crippen LogP contribution in [0.3, 0.4) is 0 Å². The summed E-state index contributed by atoms with van der Waals surface area (Å²) in [6, 6.07) is 7.45. The molecule has 4 rings (SSSR count). The van der Waals surface area contributed by atoms with Crippen molar-refractivity contribution < 1.29 is 9.59 Å². The number of halogens is 1. The van der Waals surface area contributed by atoms with Gasteiger partial charge in [0, 0.05) is 37.6 Å². The van der Waals surface area contributed by atoms with E-state index in [9.17, 15) is 9.59 Å². The number of nitrogens with zero attached hydrogens (tertiary/aromatic N) is 3. The van der Waals surface area contributed by atoms with Crippen molar-refractivity contribution in [3.63, 3.8) is 0 Å². The SMILES string of the molecule is O=C1CCCc2nc(CN3CCN(C(=O)Cc4ccc(Cl)cc4)CC3)sc21. The Balaban J connectivity index is 1.29. The van der Waals surface area contributed by atoms with Crippen LogP contribution in [0, 0.1) is 0 Å². The first-order valence-corrected chi connectivity index (χ1v) is 10.5. The van der Waals surface area contributed by atoms with Crippen LogP contribution in [0.2, 0.25) is 5.02 Å². The van der Waals surface area contributed by atoms with Crippen molar-refractivity contribution >= 4 is 34.6 Å². The van der Waals surface area contributed by atoms with Crippen molar-refractivity contribution in [2.24, 2.45) is 0 Å². The number of rotatable bonds is 4. The molecule has 0 saturated carbocycles. The summed E-state index contributed by atoms with van der Waals surface area (Å²) in [4.78, 5) is 34.3. The number of hydrogen-bond acceptors (Lipinski definition) is 5. The number of fused-ring (bicyclic) bond motifs is 1. The Morgan fingerprint density at radius 1 is 1.11 bits per heavy atom. The molecule has 0 N–H and O–H groups in total. The number of carbonyl (C=O) groups excluding carboxylic acids is 2. The topological polar surface area (TPSA) is 53.5 Å². The number of piperazine rings is 1. The predicted molar refractivity (Wildman–Crippen MR) is 106 cm³/mol. The fraction of sp³-hybridized carbons (Fsp3) is 0.450. The van der Waals surface area contributed by atoms with Crippen molar-refractivity contribution in [2.45, 2.75) is 32.2 Å². The molecule has 0 bridgehead atoms. The number of aryl methyl sites for hydroxylation is 1. The lowest BCUT2D eigenvalue weighted by Crippen LogP contribution is -2.48. The summed E-state index contributed by atoms with van der Waals surface area (Å²) < 4.78 is 0. The zero-order chi connectivity index (χ0) is 18.8. The Bertz CT molecular complexity index is 841. The predicted octanol–water partition coefficient (Wildman–Crippen LogP) is 3.20. The molecule has 2 aromatic rings. The molecule has 1 amide bonds. The highest BCUT2D eigenvalue weighted by Crippen LogP contribution is 2.27. The van der Waals surface area contributed by atoms with E-state index in [0.717, 1.165) is 66.7 Å². The summed E-state index contributed by atoms with van der Waals surface area (Å²) in [5, 5.41) is 1.71. The average molecular weight is 404 g/mol. The van der Waals surface area contributed by atoms with Crippen molar-refractivity contribution in [3.05, 3.63) is 50.4 Å². The van der Waals surface area contributed by atoms with Gasteiger partial charge in [-0.15, -0.1) is 11.3 Å². The zero-order valence-electron chi connectivity index (χ0n) is 15.1. The number of carbonyl (C=O) groups is 2. The second-order valence-corrected chi connectivity index (χ2v) is 8.64. The number of hydrogen-bond donors (Lipinski definition) is 0. The van der Waals surface area contributed by atoms with Gasteiger partial charge in [-0.1, -0.05) is 23.7 Å². The highest BCUT2D eigenvalue weighted by Gasteiger charge is 2.25. The Hall–Kier alpha value is -1.76. The zero-order valence-corrected chi connectivity index (χ0v) is 16.7. The van der Waals surface area contributed by atoms with Gasteiger partial charge in [0.2, 0.25) is 5.91 Å². The Morgan fingerprint density at radius 2 is 1.85 bits per heavy atom. The molecule has 1 aliphatic heterocycles. The molecule has 2 heterocycles. The lowest BCUT2D eigenvalue weighted by Gasteiger charge is -2.34. The van der Waals surface area contributed by atoms with Crippen LogP contribution < -0.4 is 0 Å². The molecule has 7 heteroatoms. The molecule has 1 aliphatic carbocycles. The maximum Gasteiger partial charge on any atom is 0.227 e. The van der Waals surface area contributed by atoms with Gasteiger partial charge in [-0.25, -0.2) is 4.98 Å². The van der Waals surface area contributed by atoms with Crippen LogP contribution in [0.4, 0.5) is 0 Å². The lowest BCUT2D eigenvalue weighted by molar-refractivity contribution is -0.132. The van der Waals surface area contributed by atoms with Crippen LogP contribution in [-0.2, 0) is 24.2 Å². The summed E-state index contributed by atoms with van der Waals surface area (Å²) >= 11 is 7.45. The van der Waals surface area contributed by atoms with Crippen LogP contribution in [0.25, 0.3) is 0 Å². The van der Waals surface area contributed by atoms with Gasteiger partial charge in [0.05, 0.1) is 23.5 Å². The molecule has 142 valence electrons. The Kier molecular flexibility index (Phi) is 5.57. The smallest absolute Gasteiger partial charge is 0.227 e. The van der Waals surface area contributed by atoms with Crippen molar-refractivity contribution in [1.29, 1.82) is 0 Å². The molecule has 1 aromatic carbocycles. The fourth-order valence-electron chi connectivity index (χ4n) is 3.62. The van der Waals surface area contributed by atoms with E-state index >= 15 is 0 Å². The minimum atomic E-state index is 0.160. The molecule has 5 nitrogen and oxygen atoms in total. The molecule has 0 radical (unpaired) electrons. The van der Waals surface area contributed by atoms with Gasteiger partial charge in [-0.3, -0.25) is 14.5 Å². The van der Waals surface area contributed by atoms with E-state index in [0.29, 0.717) is 17.9 Å². The number of ketones is 1. The van der Waals surface area contributed by atoms with Crippen LogP contribution in [0.5, 0.6) is 0 Å². The molecule has 0 spiro atoms. The molecular weight excluding hydrogens is 382 g/mol. The van der Waals surface area contributed by atoms with Crippen molar-refractivity contribution in [2.75, 3.05) is 26.2 Å². The summed E-state index contributed by atoms with van der Waals surface area (Å²) in [6.07, 6.45) is 2.91. The molecule has 1 fully saturated rings. The van der Waals surface area contributed by atoms with E-state index in [-0.39, 0.29) is 11.7 Å². The number of amides is 1. The van der Waals surface area contributed by atoms with E-state index in [1.807, 2.05) is 29.2 Å². The van der Waals surface area contributed by atoms with Crippen LogP contribution in [-0.4, -0.2) is 52.7 Å². The molecule has 2 aliphatic rings. The maximum absolute atomic E-state index is 12.5. The normalized spacial score (nSPS) is 17.8. The summed E-state index contributed by atoms with van der Waals surface area (Å²) in [6.45, 7) is 3.91. The van der Waals surface area contributed by atoms with Gasteiger partial charge < -0.3 is 4.90 Å². The van der Waals surface area contributed by atoms with Gasteiger partial charge in [-0.2, -0.15) is 0 Å². The number of Topliss-reactive ketones (excluding diaryl/α,β-unsaturated/α-hetero) is 1. The van der Waals surface area contributed by atoms with Gasteiger partial charge >= 0.3 is 0 Å². The third kappa shape index (κ3) is 4.39. The Morgan fingerprint density at radius 3 is 2.56 bits per heavy atom. The van der Waals surface area contributed by atoms with Crippen LogP contribution in [0.15, 0.2) is 24.3 Å². The number of thiazole rings is 1. The fourth-order valence-corrected chi connectivity index (χ4v) is 4.87. The standard InChI is InChI=1S/C20H22ClN3O2S/c21-15-6-4-14(5-7-15)12-19(26)24-10-8-23(9-11-24)13-18-22-16-2-1-3-17(25)20(16)27-18/h4-7H,1-3,8-13H2. The first-order chi connectivity index (χ1) is 13.1. The number of benzene rings is 1. The quantitative estimate of drug-likeness (QED) is 0.786. The third-order valence-corrected chi connectivity index (χ3v) is 6.54. The van der Waals surface area contributed by atoms with Crippen molar-refractivity contribution in [3.8, 4) is 0 Å². The van der Waals surface area contributed by atoms with E-state index in [4.69, 9.17) is 11.6 Å².